The lowest BCUT2D eigenvalue weighted by Crippen LogP contribution is -2.44. The van der Waals surface area contributed by atoms with Gasteiger partial charge in [0.1, 0.15) is 0 Å². The first-order valence-corrected chi connectivity index (χ1v) is 4.25. The Bertz CT molecular complexity index is 261. The average Bonchev–Trinajstić information content (AvgIpc) is 2.12. The fourth-order valence-corrected chi connectivity index (χ4v) is 0.744. The molecule has 1 unspecified atom stereocenters. The lowest BCUT2D eigenvalue weighted by atomic mass is 10.3. The maximum Gasteiger partial charge on any atom is 0.267 e. The van der Waals surface area contributed by atoms with Crippen molar-refractivity contribution in [3.05, 3.63) is 0 Å². The molecule has 0 bridgehead atoms. The molecule has 0 saturated heterocycles. The topological polar surface area (TPSA) is 157 Å². The highest BCUT2D eigenvalue weighted by Crippen LogP contribution is 1.90. The van der Waals surface area contributed by atoms with Crippen LogP contribution in [0.25, 0.3) is 0 Å². The predicted octanol–water partition coefficient (Wildman–Crippen LogP) is -3.04. The van der Waals surface area contributed by atoms with Crippen LogP contribution in [0.5, 0.6) is 0 Å². The van der Waals surface area contributed by atoms with E-state index < -0.39 is 18.0 Å². The van der Waals surface area contributed by atoms with Gasteiger partial charge in [-0.1, -0.05) is 0 Å². The molecule has 0 aromatic carbocycles. The van der Waals surface area contributed by atoms with E-state index in [1.165, 1.54) is 0 Å². The van der Waals surface area contributed by atoms with Crippen molar-refractivity contribution in [1.82, 2.24) is 5.32 Å². The molecule has 0 aromatic rings. The zero-order valence-corrected chi connectivity index (χ0v) is 8.14. The fraction of sp³-hybridized carbons (Fsp3) is 0.571. The third-order valence-corrected chi connectivity index (χ3v) is 1.42. The summed E-state index contributed by atoms with van der Waals surface area (Å²) < 4.78 is 0. The number of carbonyl (C=O) groups excluding carboxylic acids is 2. The molecule has 0 aliphatic rings. The minimum absolute atomic E-state index is 0.0485. The third kappa shape index (κ3) is 7.26. The van der Waals surface area contributed by atoms with Crippen LogP contribution in [0.3, 0.4) is 0 Å². The zero-order valence-electron chi connectivity index (χ0n) is 8.14. The van der Waals surface area contributed by atoms with Crippen LogP contribution in [0.4, 0.5) is 0 Å². The molecule has 0 aliphatic heterocycles. The van der Waals surface area contributed by atoms with E-state index in [4.69, 9.17) is 22.3 Å². The van der Waals surface area contributed by atoms with Crippen molar-refractivity contribution in [3.8, 4) is 0 Å². The second kappa shape index (κ2) is 6.60. The smallest absolute Gasteiger partial charge is 0.267 e. The van der Waals surface area contributed by atoms with E-state index in [0.717, 1.165) is 0 Å². The van der Waals surface area contributed by atoms with E-state index in [1.54, 1.807) is 0 Å². The molecule has 8 nitrogen and oxygen atoms in total. The number of nitrogens with one attached hydrogen (secondary N) is 1. The number of guanidine groups is 1. The van der Waals surface area contributed by atoms with Crippen LogP contribution in [-0.2, 0) is 9.59 Å². The molecule has 0 radical (unpaired) electrons. The van der Waals surface area contributed by atoms with Crippen molar-refractivity contribution in [2.75, 3.05) is 6.54 Å². The summed E-state index contributed by atoms with van der Waals surface area (Å²) in [4.78, 5) is 25.0. The van der Waals surface area contributed by atoms with E-state index >= 15 is 0 Å². The summed E-state index contributed by atoms with van der Waals surface area (Å²) in [5, 5.41) is 10.9. The van der Waals surface area contributed by atoms with Crippen molar-refractivity contribution in [3.63, 3.8) is 0 Å². The Morgan fingerprint density at radius 1 is 1.33 bits per heavy atom. The molecule has 0 rings (SSSR count). The summed E-state index contributed by atoms with van der Waals surface area (Å²) in [7, 11) is 0. The average molecular weight is 217 g/mol. The van der Waals surface area contributed by atoms with Gasteiger partial charge < -0.3 is 27.6 Å². The number of nitrogens with two attached hydrogens (primary N) is 3. The van der Waals surface area contributed by atoms with Crippen molar-refractivity contribution in [1.29, 1.82) is 0 Å². The molecule has 0 spiro atoms. The first-order valence-electron chi connectivity index (χ1n) is 4.25. The van der Waals surface area contributed by atoms with Crippen LogP contribution in [0, 0.1) is 0 Å². The number of hydrogen-bond donors (Lipinski definition) is 5. The van der Waals surface area contributed by atoms with Crippen molar-refractivity contribution < 1.29 is 14.7 Å². The van der Waals surface area contributed by atoms with Crippen LogP contribution >= 0.6 is 0 Å². The summed E-state index contributed by atoms with van der Waals surface area (Å²) in [6.45, 7) is 0.308. The molecule has 0 fully saturated rings. The van der Waals surface area contributed by atoms with E-state index in [0.29, 0.717) is 13.0 Å². The zero-order chi connectivity index (χ0) is 11.8. The first-order chi connectivity index (χ1) is 6.93. The molecule has 2 amide bonds. The Labute approximate surface area is 86.5 Å². The van der Waals surface area contributed by atoms with Gasteiger partial charge in [0.25, 0.3) is 5.91 Å². The summed E-state index contributed by atoms with van der Waals surface area (Å²) in [5.74, 6) is -1.55. The molecule has 86 valence electrons. The number of amides is 2. The quantitative estimate of drug-likeness (QED) is 0.138. The lowest BCUT2D eigenvalue weighted by Gasteiger charge is -2.08. The normalized spacial score (nSPS) is 11.5. The summed E-state index contributed by atoms with van der Waals surface area (Å²) in [6.07, 6.45) is -1.14. The van der Waals surface area contributed by atoms with Gasteiger partial charge in [0, 0.05) is 13.0 Å². The van der Waals surface area contributed by atoms with Crippen molar-refractivity contribution >= 4 is 17.8 Å². The van der Waals surface area contributed by atoms with Gasteiger partial charge in [-0.25, -0.2) is 0 Å². The Morgan fingerprint density at radius 3 is 2.40 bits per heavy atom. The third-order valence-electron chi connectivity index (χ3n) is 1.42. The molecule has 1 atom stereocenters. The molecule has 0 heterocycles. The monoisotopic (exact) mass is 217 g/mol. The highest BCUT2D eigenvalue weighted by Gasteiger charge is 2.12. The van der Waals surface area contributed by atoms with Crippen LogP contribution in [-0.4, -0.2) is 35.7 Å². The van der Waals surface area contributed by atoms with Crippen LogP contribution in [0.1, 0.15) is 12.8 Å². The van der Waals surface area contributed by atoms with E-state index in [9.17, 15) is 9.59 Å². The molecule has 8 N–H and O–H groups in total. The van der Waals surface area contributed by atoms with Gasteiger partial charge in [0.05, 0.1) is 0 Å². The second-order valence-electron chi connectivity index (χ2n) is 2.78. The van der Waals surface area contributed by atoms with Gasteiger partial charge in [-0.05, 0) is 6.42 Å². The Balaban J connectivity index is 3.67. The van der Waals surface area contributed by atoms with Gasteiger partial charge >= 0.3 is 0 Å². The van der Waals surface area contributed by atoms with Crippen molar-refractivity contribution in [2.45, 2.75) is 19.1 Å². The molecular weight excluding hydrogens is 202 g/mol. The second-order valence-corrected chi connectivity index (χ2v) is 2.78. The number of aliphatic hydroxyl groups is 1. The molecule has 0 aromatic heterocycles. The Hall–Kier alpha value is -1.83. The number of aliphatic hydroxyl groups excluding tert-OH is 1. The number of aliphatic imine (C=N–C) groups is 1. The number of nitrogens with zero attached hydrogens (tertiary/aromatic N) is 1. The minimum atomic E-state index is -1.65. The molecule has 0 aliphatic carbocycles. The van der Waals surface area contributed by atoms with E-state index in [1.807, 2.05) is 5.32 Å². The van der Waals surface area contributed by atoms with Crippen LogP contribution < -0.4 is 22.5 Å². The van der Waals surface area contributed by atoms with Gasteiger partial charge in [0.15, 0.2) is 5.96 Å². The minimum Gasteiger partial charge on any atom is -0.370 e. The lowest BCUT2D eigenvalue weighted by molar-refractivity contribution is -0.134. The van der Waals surface area contributed by atoms with Gasteiger partial charge in [-0.15, -0.1) is 0 Å². The summed E-state index contributed by atoms with van der Waals surface area (Å²) in [6, 6.07) is 0. The van der Waals surface area contributed by atoms with E-state index in [-0.39, 0.29) is 12.4 Å². The SMILES string of the molecule is NC(=O)C(O)NC(=O)CCCN=C(N)N. The number of rotatable bonds is 6. The Kier molecular flexibility index (Phi) is 5.79. The molecular formula is C7H15N5O3. The molecule has 0 saturated carbocycles. The number of carbonyl (C=O) groups is 2. The molecule has 8 heteroatoms. The van der Waals surface area contributed by atoms with Gasteiger partial charge in [-0.3, -0.25) is 14.6 Å². The maximum absolute atomic E-state index is 11.0. The highest BCUT2D eigenvalue weighted by molar-refractivity contribution is 5.85. The van der Waals surface area contributed by atoms with Gasteiger partial charge in [-0.2, -0.15) is 0 Å². The van der Waals surface area contributed by atoms with Gasteiger partial charge in [0.2, 0.25) is 12.1 Å². The fourth-order valence-electron chi connectivity index (χ4n) is 0.744. The first kappa shape index (κ1) is 13.2. The maximum atomic E-state index is 11.0. The Morgan fingerprint density at radius 2 is 1.93 bits per heavy atom. The van der Waals surface area contributed by atoms with Crippen LogP contribution in [0.15, 0.2) is 4.99 Å². The largest absolute Gasteiger partial charge is 0.370 e. The number of primary amides is 1. The summed E-state index contributed by atoms with van der Waals surface area (Å²) >= 11 is 0. The van der Waals surface area contributed by atoms with Crippen molar-refractivity contribution in [2.24, 2.45) is 22.2 Å². The predicted molar refractivity (Wildman–Crippen MR) is 53.3 cm³/mol. The summed E-state index contributed by atoms with van der Waals surface area (Å²) in [5.41, 5.74) is 14.8. The highest BCUT2D eigenvalue weighted by atomic mass is 16.3. The van der Waals surface area contributed by atoms with Crippen LogP contribution in [0.2, 0.25) is 0 Å². The standard InChI is InChI=1S/C7H15N5O3/c8-5(14)6(15)12-4(13)2-1-3-11-7(9)10/h6,15H,1-3H2,(H2,8,14)(H,12,13)(H4,9,10,11). The van der Waals surface area contributed by atoms with E-state index in [2.05, 4.69) is 4.99 Å². The number of hydrogen-bond acceptors (Lipinski definition) is 4. The molecule has 15 heavy (non-hydrogen) atoms.